The van der Waals surface area contributed by atoms with Crippen LogP contribution in [0, 0.1) is 5.92 Å². The molecule has 3 nitrogen and oxygen atoms in total. The summed E-state index contributed by atoms with van der Waals surface area (Å²) >= 11 is 1.20. The van der Waals surface area contributed by atoms with Crippen LogP contribution < -0.4 is 4.74 Å². The highest BCUT2D eigenvalue weighted by molar-refractivity contribution is 7.12. The summed E-state index contributed by atoms with van der Waals surface area (Å²) in [4.78, 5) is 11.1. The second-order valence-corrected chi connectivity index (χ2v) is 4.54. The average molecular weight is 228 g/mol. The first-order valence-corrected chi connectivity index (χ1v) is 5.96. The van der Waals surface area contributed by atoms with Crippen LogP contribution in [-0.2, 0) is 0 Å². The SMILES string of the molecule is CCCC(C)COc1ccsc1C(=O)O. The Morgan fingerprint density at radius 3 is 3.00 bits per heavy atom. The second-order valence-electron chi connectivity index (χ2n) is 3.62. The largest absolute Gasteiger partial charge is 0.492 e. The van der Waals surface area contributed by atoms with E-state index in [0.717, 1.165) is 12.8 Å². The molecule has 1 heterocycles. The van der Waals surface area contributed by atoms with E-state index in [1.54, 1.807) is 11.4 Å². The summed E-state index contributed by atoms with van der Waals surface area (Å²) in [6, 6.07) is 1.72. The lowest BCUT2D eigenvalue weighted by Crippen LogP contribution is -2.09. The fraction of sp³-hybridized carbons (Fsp3) is 0.545. The molecule has 0 saturated carbocycles. The third-order valence-corrected chi connectivity index (χ3v) is 3.01. The van der Waals surface area contributed by atoms with Crippen LogP contribution in [0.1, 0.15) is 36.4 Å². The number of carbonyl (C=O) groups is 1. The molecule has 1 N–H and O–H groups in total. The Bertz CT molecular complexity index is 319. The van der Waals surface area contributed by atoms with E-state index in [1.165, 1.54) is 11.3 Å². The normalized spacial score (nSPS) is 12.4. The van der Waals surface area contributed by atoms with Gasteiger partial charge in [0.1, 0.15) is 5.75 Å². The van der Waals surface area contributed by atoms with Gasteiger partial charge in [0.15, 0.2) is 4.88 Å². The molecule has 0 fully saturated rings. The molecule has 1 atom stereocenters. The summed E-state index contributed by atoms with van der Waals surface area (Å²) in [6.07, 6.45) is 2.23. The van der Waals surface area contributed by atoms with Crippen LogP contribution in [-0.4, -0.2) is 17.7 Å². The molecular weight excluding hydrogens is 212 g/mol. The highest BCUT2D eigenvalue weighted by Crippen LogP contribution is 2.25. The molecule has 0 radical (unpaired) electrons. The first-order valence-electron chi connectivity index (χ1n) is 5.08. The minimum absolute atomic E-state index is 0.290. The molecule has 0 amide bonds. The van der Waals surface area contributed by atoms with Crippen LogP contribution in [0.3, 0.4) is 0 Å². The fourth-order valence-corrected chi connectivity index (χ4v) is 2.05. The number of hydrogen-bond acceptors (Lipinski definition) is 3. The summed E-state index contributed by atoms with van der Waals surface area (Å²) in [5.41, 5.74) is 0. The van der Waals surface area contributed by atoms with Crippen molar-refractivity contribution in [3.8, 4) is 5.75 Å². The molecule has 0 bridgehead atoms. The molecule has 1 aromatic rings. The van der Waals surface area contributed by atoms with Crippen LogP contribution in [0.4, 0.5) is 0 Å². The summed E-state index contributed by atoms with van der Waals surface area (Å²) in [7, 11) is 0. The molecule has 84 valence electrons. The van der Waals surface area contributed by atoms with E-state index in [1.807, 2.05) is 0 Å². The van der Waals surface area contributed by atoms with E-state index in [2.05, 4.69) is 13.8 Å². The molecule has 1 rings (SSSR count). The quantitative estimate of drug-likeness (QED) is 0.812. The fourth-order valence-electron chi connectivity index (χ4n) is 1.38. The van der Waals surface area contributed by atoms with Crippen LogP contribution in [0.2, 0.25) is 0 Å². The molecule has 1 unspecified atom stereocenters. The average Bonchev–Trinajstić information content (AvgIpc) is 2.63. The zero-order valence-electron chi connectivity index (χ0n) is 9.03. The molecule has 0 aliphatic carbocycles. The van der Waals surface area contributed by atoms with Crippen LogP contribution in [0.5, 0.6) is 5.75 Å². The van der Waals surface area contributed by atoms with E-state index in [4.69, 9.17) is 9.84 Å². The van der Waals surface area contributed by atoms with Gasteiger partial charge in [0.25, 0.3) is 0 Å². The highest BCUT2D eigenvalue weighted by Gasteiger charge is 2.13. The Labute approximate surface area is 93.7 Å². The van der Waals surface area contributed by atoms with Crippen molar-refractivity contribution in [2.75, 3.05) is 6.61 Å². The van der Waals surface area contributed by atoms with Gasteiger partial charge in [-0.05, 0) is 23.8 Å². The summed E-state index contributed by atoms with van der Waals surface area (Å²) in [6.45, 7) is 4.82. The van der Waals surface area contributed by atoms with Crippen LogP contribution in [0.15, 0.2) is 11.4 Å². The smallest absolute Gasteiger partial charge is 0.349 e. The number of hydrogen-bond donors (Lipinski definition) is 1. The number of ether oxygens (including phenoxy) is 1. The Morgan fingerprint density at radius 2 is 2.40 bits per heavy atom. The van der Waals surface area contributed by atoms with E-state index < -0.39 is 5.97 Å². The third-order valence-electron chi connectivity index (χ3n) is 2.13. The van der Waals surface area contributed by atoms with Gasteiger partial charge in [0.05, 0.1) is 6.61 Å². The van der Waals surface area contributed by atoms with Gasteiger partial charge in [-0.25, -0.2) is 4.79 Å². The Kier molecular flexibility index (Phi) is 4.62. The minimum atomic E-state index is -0.914. The summed E-state index contributed by atoms with van der Waals surface area (Å²) in [5, 5.41) is 10.6. The van der Waals surface area contributed by atoms with E-state index in [9.17, 15) is 4.79 Å². The van der Waals surface area contributed by atoms with Crippen molar-refractivity contribution in [2.24, 2.45) is 5.92 Å². The predicted molar refractivity (Wildman–Crippen MR) is 60.8 cm³/mol. The van der Waals surface area contributed by atoms with Gasteiger partial charge in [-0.2, -0.15) is 0 Å². The minimum Gasteiger partial charge on any atom is -0.492 e. The molecule has 0 aliphatic heterocycles. The Morgan fingerprint density at radius 1 is 1.67 bits per heavy atom. The van der Waals surface area contributed by atoms with Crippen molar-refractivity contribution < 1.29 is 14.6 Å². The van der Waals surface area contributed by atoms with Crippen molar-refractivity contribution in [2.45, 2.75) is 26.7 Å². The predicted octanol–water partition coefficient (Wildman–Crippen LogP) is 3.26. The van der Waals surface area contributed by atoms with Gasteiger partial charge in [0.2, 0.25) is 0 Å². The monoisotopic (exact) mass is 228 g/mol. The lowest BCUT2D eigenvalue weighted by Gasteiger charge is -2.11. The van der Waals surface area contributed by atoms with Gasteiger partial charge >= 0.3 is 5.97 Å². The number of carboxylic acids is 1. The Hall–Kier alpha value is -1.03. The van der Waals surface area contributed by atoms with E-state index in [-0.39, 0.29) is 0 Å². The van der Waals surface area contributed by atoms with Gasteiger partial charge in [-0.1, -0.05) is 20.3 Å². The first-order chi connectivity index (χ1) is 7.15. The second kappa shape index (κ2) is 5.75. The lowest BCUT2D eigenvalue weighted by molar-refractivity contribution is 0.0697. The lowest BCUT2D eigenvalue weighted by atomic mass is 10.1. The molecular formula is C11H16O3S. The molecule has 0 aromatic carbocycles. The van der Waals surface area contributed by atoms with Crippen LogP contribution >= 0.6 is 11.3 Å². The third kappa shape index (κ3) is 3.55. The maximum atomic E-state index is 10.8. The zero-order chi connectivity index (χ0) is 11.3. The highest BCUT2D eigenvalue weighted by atomic mass is 32.1. The summed E-state index contributed by atoms with van der Waals surface area (Å²) in [5.74, 6) is 0.0511. The van der Waals surface area contributed by atoms with Crippen molar-refractivity contribution >= 4 is 17.3 Å². The molecule has 0 saturated heterocycles. The number of rotatable bonds is 6. The standard InChI is InChI=1S/C11H16O3S/c1-3-4-8(2)7-14-9-5-6-15-10(9)11(12)13/h5-6,8H,3-4,7H2,1-2H3,(H,12,13). The number of aromatic carboxylic acids is 1. The van der Waals surface area contributed by atoms with E-state index in [0.29, 0.717) is 23.2 Å². The van der Waals surface area contributed by atoms with Crippen LogP contribution in [0.25, 0.3) is 0 Å². The van der Waals surface area contributed by atoms with E-state index >= 15 is 0 Å². The first kappa shape index (κ1) is 12.0. The van der Waals surface area contributed by atoms with Crippen molar-refractivity contribution in [3.05, 3.63) is 16.3 Å². The number of carboxylic acid groups (broad SMARTS) is 1. The Balaban J connectivity index is 2.50. The topological polar surface area (TPSA) is 46.5 Å². The van der Waals surface area contributed by atoms with Gasteiger partial charge in [0, 0.05) is 0 Å². The van der Waals surface area contributed by atoms with Gasteiger partial charge in [-0.15, -0.1) is 11.3 Å². The molecule has 0 aliphatic rings. The molecule has 1 aromatic heterocycles. The summed E-state index contributed by atoms with van der Waals surface area (Å²) < 4.78 is 5.48. The molecule has 4 heteroatoms. The maximum Gasteiger partial charge on any atom is 0.349 e. The van der Waals surface area contributed by atoms with Crippen molar-refractivity contribution in [1.82, 2.24) is 0 Å². The molecule has 0 spiro atoms. The number of thiophene rings is 1. The zero-order valence-corrected chi connectivity index (χ0v) is 9.84. The maximum absolute atomic E-state index is 10.8. The van der Waals surface area contributed by atoms with Gasteiger partial charge < -0.3 is 9.84 Å². The van der Waals surface area contributed by atoms with Crippen molar-refractivity contribution in [1.29, 1.82) is 0 Å². The molecule has 15 heavy (non-hydrogen) atoms. The van der Waals surface area contributed by atoms with Gasteiger partial charge in [-0.3, -0.25) is 0 Å². The van der Waals surface area contributed by atoms with Crippen molar-refractivity contribution in [3.63, 3.8) is 0 Å².